The molecule has 2 nitrogen and oxygen atoms in total. The highest BCUT2D eigenvalue weighted by atomic mass is 16.1. The Bertz CT molecular complexity index is 307. The number of carbonyl (C=O) groups excluding carboxylic acids is 2. The third-order valence-corrected chi connectivity index (χ3v) is 5.20. The van der Waals surface area contributed by atoms with E-state index in [1.54, 1.807) is 0 Å². The van der Waals surface area contributed by atoms with Crippen LogP contribution in [0.15, 0.2) is 0 Å². The van der Waals surface area contributed by atoms with Crippen molar-refractivity contribution in [2.75, 3.05) is 0 Å². The number of rotatable bonds is 4. The molecule has 20 heavy (non-hydrogen) atoms. The average molecular weight is 280 g/mol. The fraction of sp³-hybridized carbons (Fsp3) is 0.889. The number of hydrogen-bond acceptors (Lipinski definition) is 2. The topological polar surface area (TPSA) is 34.1 Å². The van der Waals surface area contributed by atoms with E-state index < -0.39 is 0 Å². The molecule has 0 aliphatic heterocycles. The smallest absolute Gasteiger partial charge is 0.133 e. The highest BCUT2D eigenvalue weighted by molar-refractivity contribution is 5.81. The van der Waals surface area contributed by atoms with Gasteiger partial charge in [0.05, 0.1) is 0 Å². The summed E-state index contributed by atoms with van der Waals surface area (Å²) in [6.45, 7) is 8.76. The highest BCUT2D eigenvalue weighted by Gasteiger charge is 2.29. The second kappa shape index (κ2) is 8.59. The lowest BCUT2D eigenvalue weighted by Crippen LogP contribution is -2.04. The molecule has 0 amide bonds. The van der Waals surface area contributed by atoms with E-state index in [0.29, 0.717) is 35.2 Å². The summed E-state index contributed by atoms with van der Waals surface area (Å²) in [4.78, 5) is 21.9. The summed E-state index contributed by atoms with van der Waals surface area (Å²) in [5, 5.41) is 0. The Hall–Kier alpha value is -0.660. The molecule has 2 aliphatic rings. The van der Waals surface area contributed by atoms with Crippen molar-refractivity contribution in [3.05, 3.63) is 0 Å². The molecule has 2 aliphatic carbocycles. The molecule has 2 rings (SSSR count). The maximum Gasteiger partial charge on any atom is 0.133 e. The van der Waals surface area contributed by atoms with Crippen LogP contribution in [0.5, 0.6) is 0 Å². The van der Waals surface area contributed by atoms with Gasteiger partial charge < -0.3 is 0 Å². The lowest BCUT2D eigenvalue weighted by atomic mass is 9.92. The molecular formula is C18H32O2. The third-order valence-electron chi connectivity index (χ3n) is 5.20. The minimum absolute atomic E-state index is 0.478. The van der Waals surface area contributed by atoms with Crippen LogP contribution in [0.1, 0.15) is 79.1 Å². The Morgan fingerprint density at radius 1 is 0.800 bits per heavy atom. The van der Waals surface area contributed by atoms with Crippen molar-refractivity contribution in [1.82, 2.24) is 0 Å². The molecule has 0 heterocycles. The molecule has 0 aromatic carbocycles. The van der Waals surface area contributed by atoms with Crippen molar-refractivity contribution < 1.29 is 9.59 Å². The summed E-state index contributed by atoms with van der Waals surface area (Å²) in [5.41, 5.74) is 0. The molecule has 116 valence electrons. The molecule has 0 radical (unpaired) electrons. The van der Waals surface area contributed by atoms with Crippen LogP contribution in [-0.2, 0) is 9.59 Å². The van der Waals surface area contributed by atoms with Crippen molar-refractivity contribution >= 4 is 11.6 Å². The molecule has 0 saturated heterocycles. The van der Waals surface area contributed by atoms with Gasteiger partial charge in [-0.25, -0.2) is 0 Å². The van der Waals surface area contributed by atoms with Crippen molar-refractivity contribution in [2.24, 2.45) is 23.7 Å². The van der Waals surface area contributed by atoms with Gasteiger partial charge in [0.25, 0.3) is 0 Å². The van der Waals surface area contributed by atoms with E-state index in [1.807, 2.05) is 0 Å². The molecule has 0 bridgehead atoms. The molecule has 2 fully saturated rings. The fourth-order valence-electron chi connectivity index (χ4n) is 3.82. The van der Waals surface area contributed by atoms with Gasteiger partial charge in [-0.05, 0) is 23.7 Å². The molecule has 3 unspecified atom stereocenters. The summed E-state index contributed by atoms with van der Waals surface area (Å²) in [6, 6.07) is 0. The van der Waals surface area contributed by atoms with Crippen LogP contribution in [0.25, 0.3) is 0 Å². The van der Waals surface area contributed by atoms with E-state index in [4.69, 9.17) is 0 Å². The molecule has 4 atom stereocenters. The SMILES string of the molecule is CCC1CC(=O)C[C@H]1CC.CCCC1CC(=O)CC1C. The Kier molecular flexibility index (Phi) is 7.47. The van der Waals surface area contributed by atoms with E-state index in [1.165, 1.54) is 25.7 Å². The van der Waals surface area contributed by atoms with Gasteiger partial charge in [0.1, 0.15) is 11.6 Å². The van der Waals surface area contributed by atoms with Gasteiger partial charge >= 0.3 is 0 Å². The standard InChI is InChI=1S/2C9H16O/c1-3-4-8-6-9(10)5-7(8)2;1-3-7-5-9(10)6-8(7)4-2/h2*7-8H,3-6H2,1-2H3/t;7-,8?/m.1/s1. The average Bonchev–Trinajstić information content (AvgIpc) is 2.93. The number of carbonyl (C=O) groups is 2. The van der Waals surface area contributed by atoms with E-state index in [-0.39, 0.29) is 0 Å². The zero-order valence-electron chi connectivity index (χ0n) is 13.8. The number of ketones is 2. The lowest BCUT2D eigenvalue weighted by molar-refractivity contribution is -0.118. The van der Waals surface area contributed by atoms with Crippen LogP contribution >= 0.6 is 0 Å². The van der Waals surface area contributed by atoms with Gasteiger partial charge in [0.15, 0.2) is 0 Å². The predicted octanol–water partition coefficient (Wildman–Crippen LogP) is 4.80. The lowest BCUT2D eigenvalue weighted by Gasteiger charge is -2.13. The van der Waals surface area contributed by atoms with Crippen LogP contribution in [0.2, 0.25) is 0 Å². The maximum atomic E-state index is 11.0. The van der Waals surface area contributed by atoms with E-state index in [9.17, 15) is 9.59 Å². The Labute approximate surface area is 124 Å². The molecule has 2 saturated carbocycles. The van der Waals surface area contributed by atoms with Crippen LogP contribution < -0.4 is 0 Å². The van der Waals surface area contributed by atoms with Crippen molar-refractivity contribution in [1.29, 1.82) is 0 Å². The Morgan fingerprint density at radius 2 is 1.25 bits per heavy atom. The fourth-order valence-corrected chi connectivity index (χ4v) is 3.82. The molecule has 0 aromatic rings. The number of hydrogen-bond donors (Lipinski definition) is 0. The van der Waals surface area contributed by atoms with Gasteiger partial charge in [-0.3, -0.25) is 9.59 Å². The quantitative estimate of drug-likeness (QED) is 0.741. The normalized spacial score (nSPS) is 33.2. The Morgan fingerprint density at radius 3 is 1.60 bits per heavy atom. The minimum atomic E-state index is 0.478. The minimum Gasteiger partial charge on any atom is -0.300 e. The maximum absolute atomic E-state index is 11.0. The summed E-state index contributed by atoms with van der Waals surface area (Å²) >= 11 is 0. The van der Waals surface area contributed by atoms with Crippen molar-refractivity contribution in [2.45, 2.75) is 79.1 Å². The zero-order chi connectivity index (χ0) is 15.1. The zero-order valence-corrected chi connectivity index (χ0v) is 13.8. The van der Waals surface area contributed by atoms with Gasteiger partial charge in [-0.15, -0.1) is 0 Å². The molecule has 2 heteroatoms. The van der Waals surface area contributed by atoms with Crippen LogP contribution in [0.4, 0.5) is 0 Å². The van der Waals surface area contributed by atoms with Gasteiger partial charge in [-0.1, -0.05) is 53.4 Å². The third kappa shape index (κ3) is 5.03. The van der Waals surface area contributed by atoms with Crippen molar-refractivity contribution in [3.8, 4) is 0 Å². The van der Waals surface area contributed by atoms with Crippen LogP contribution in [0.3, 0.4) is 0 Å². The first-order chi connectivity index (χ1) is 9.51. The summed E-state index contributed by atoms with van der Waals surface area (Å²) in [5.74, 6) is 3.74. The second-order valence-electron chi connectivity index (χ2n) is 6.76. The number of Topliss-reactive ketones (excluding diaryl/α,β-unsaturated/α-hetero) is 2. The van der Waals surface area contributed by atoms with Gasteiger partial charge in [-0.2, -0.15) is 0 Å². The van der Waals surface area contributed by atoms with E-state index in [2.05, 4.69) is 27.7 Å². The first kappa shape index (κ1) is 17.4. The monoisotopic (exact) mass is 280 g/mol. The first-order valence-corrected chi connectivity index (χ1v) is 8.55. The molecular weight excluding hydrogens is 248 g/mol. The van der Waals surface area contributed by atoms with Crippen LogP contribution in [0, 0.1) is 23.7 Å². The van der Waals surface area contributed by atoms with E-state index in [0.717, 1.165) is 25.7 Å². The summed E-state index contributed by atoms with van der Waals surface area (Å²) in [6.07, 6.45) is 8.24. The van der Waals surface area contributed by atoms with E-state index >= 15 is 0 Å². The first-order valence-electron chi connectivity index (χ1n) is 8.55. The molecule has 0 spiro atoms. The largest absolute Gasteiger partial charge is 0.300 e. The molecule has 0 aromatic heterocycles. The van der Waals surface area contributed by atoms with Crippen LogP contribution in [-0.4, -0.2) is 11.6 Å². The summed E-state index contributed by atoms with van der Waals surface area (Å²) < 4.78 is 0. The van der Waals surface area contributed by atoms with Gasteiger partial charge in [0, 0.05) is 25.7 Å². The van der Waals surface area contributed by atoms with Gasteiger partial charge in [0.2, 0.25) is 0 Å². The molecule has 0 N–H and O–H groups in total. The highest BCUT2D eigenvalue weighted by Crippen LogP contribution is 2.33. The Balaban J connectivity index is 0.000000200. The summed E-state index contributed by atoms with van der Waals surface area (Å²) in [7, 11) is 0. The second-order valence-corrected chi connectivity index (χ2v) is 6.76. The predicted molar refractivity (Wildman–Crippen MR) is 83.6 cm³/mol. The van der Waals surface area contributed by atoms with Crippen molar-refractivity contribution in [3.63, 3.8) is 0 Å².